The summed E-state index contributed by atoms with van der Waals surface area (Å²) in [6.07, 6.45) is 1.83. The van der Waals surface area contributed by atoms with Crippen molar-refractivity contribution in [2.75, 3.05) is 5.43 Å². The standard InChI is InChI=1S/C15H15N5/c1-2-5-10-8-14(19-17)20-13-7-4-3-6-12(13)18-15(20)11(10)9-16/h3-4,6-8H,2,5,17H2,1H3,(H,18,19)/p+1. The van der Waals surface area contributed by atoms with Crippen molar-refractivity contribution in [1.82, 2.24) is 4.98 Å². The third-order valence-electron chi connectivity index (χ3n) is 3.51. The number of aromatic nitrogens is 2. The third kappa shape index (κ3) is 1.70. The monoisotopic (exact) mass is 266 g/mol. The van der Waals surface area contributed by atoms with Crippen LogP contribution in [0.25, 0.3) is 16.7 Å². The van der Waals surface area contributed by atoms with Gasteiger partial charge in [-0.2, -0.15) is 9.66 Å². The number of benzene rings is 1. The molecule has 0 spiro atoms. The predicted molar refractivity (Wildman–Crippen MR) is 78.0 cm³/mol. The molecule has 1 aromatic carbocycles. The molecule has 20 heavy (non-hydrogen) atoms. The minimum Gasteiger partial charge on any atom is -0.269 e. The summed E-state index contributed by atoms with van der Waals surface area (Å²) in [4.78, 5) is 3.32. The summed E-state index contributed by atoms with van der Waals surface area (Å²) in [7, 11) is 0. The lowest BCUT2D eigenvalue weighted by atomic mass is 10.1. The van der Waals surface area contributed by atoms with Gasteiger partial charge in [-0.15, -0.1) is 0 Å². The van der Waals surface area contributed by atoms with Crippen molar-refractivity contribution >= 4 is 22.5 Å². The molecule has 2 aromatic heterocycles. The molecule has 0 unspecified atom stereocenters. The Kier molecular flexibility index (Phi) is 3.01. The molecule has 0 aliphatic rings. The number of H-pyrrole nitrogens is 1. The van der Waals surface area contributed by atoms with E-state index in [9.17, 15) is 5.26 Å². The summed E-state index contributed by atoms with van der Waals surface area (Å²) < 4.78 is 1.95. The minimum atomic E-state index is 0.682. The number of hydrogen-bond donors (Lipinski definition) is 3. The van der Waals surface area contributed by atoms with Crippen LogP contribution < -0.4 is 15.7 Å². The molecule has 4 N–H and O–H groups in total. The van der Waals surface area contributed by atoms with Crippen LogP contribution in [0, 0.1) is 11.3 Å². The van der Waals surface area contributed by atoms with Crippen LogP contribution in [-0.2, 0) is 6.42 Å². The number of aromatic amines is 1. The fourth-order valence-corrected chi connectivity index (χ4v) is 2.65. The smallest absolute Gasteiger partial charge is 0.250 e. The van der Waals surface area contributed by atoms with E-state index < -0.39 is 0 Å². The SMILES string of the molecule is CCCc1cc(NN)[n+]2c([nH]c3ccccc32)c1C#N. The molecule has 0 aliphatic heterocycles. The van der Waals surface area contributed by atoms with Gasteiger partial charge in [0.2, 0.25) is 11.5 Å². The first kappa shape index (κ1) is 12.5. The van der Waals surface area contributed by atoms with Crippen molar-refractivity contribution in [3.05, 3.63) is 41.5 Å². The number of hydrazine groups is 1. The minimum absolute atomic E-state index is 0.682. The first-order valence-corrected chi connectivity index (χ1v) is 6.65. The number of nitrogens with one attached hydrogen (secondary N) is 2. The molecule has 0 bridgehead atoms. The quantitative estimate of drug-likeness (QED) is 0.385. The Balaban J connectivity index is 2.49. The highest BCUT2D eigenvalue weighted by Gasteiger charge is 2.20. The Hall–Kier alpha value is -2.58. The number of imidazole rings is 1. The van der Waals surface area contributed by atoms with Gasteiger partial charge in [-0.05, 0) is 24.1 Å². The number of nitrogen functional groups attached to an aromatic ring is 1. The molecule has 5 heteroatoms. The molecule has 100 valence electrons. The number of para-hydroxylation sites is 2. The highest BCUT2D eigenvalue weighted by molar-refractivity contribution is 5.77. The van der Waals surface area contributed by atoms with E-state index in [1.807, 2.05) is 34.7 Å². The number of nitrogens with two attached hydrogens (primary N) is 1. The molecular weight excluding hydrogens is 250 g/mol. The van der Waals surface area contributed by atoms with Crippen LogP contribution in [0.15, 0.2) is 30.3 Å². The second-order valence-electron chi connectivity index (χ2n) is 4.76. The number of pyridine rings is 1. The molecule has 2 heterocycles. The van der Waals surface area contributed by atoms with E-state index in [0.29, 0.717) is 5.56 Å². The molecule has 0 saturated carbocycles. The molecule has 0 atom stereocenters. The highest BCUT2D eigenvalue weighted by atomic mass is 15.3. The predicted octanol–water partition coefficient (Wildman–Crippen LogP) is 2.02. The first-order valence-electron chi connectivity index (χ1n) is 6.65. The fraction of sp³-hybridized carbons (Fsp3) is 0.200. The average Bonchev–Trinajstić information content (AvgIpc) is 2.86. The van der Waals surface area contributed by atoms with E-state index >= 15 is 0 Å². The summed E-state index contributed by atoms with van der Waals surface area (Å²) >= 11 is 0. The van der Waals surface area contributed by atoms with Gasteiger partial charge in [0.15, 0.2) is 0 Å². The normalized spacial score (nSPS) is 10.8. The maximum Gasteiger partial charge on any atom is 0.250 e. The van der Waals surface area contributed by atoms with E-state index in [4.69, 9.17) is 5.84 Å². The van der Waals surface area contributed by atoms with Crippen molar-refractivity contribution in [3.8, 4) is 6.07 Å². The van der Waals surface area contributed by atoms with Crippen molar-refractivity contribution in [2.45, 2.75) is 19.8 Å². The molecule has 0 radical (unpaired) electrons. The van der Waals surface area contributed by atoms with E-state index in [0.717, 1.165) is 40.9 Å². The van der Waals surface area contributed by atoms with Crippen molar-refractivity contribution < 1.29 is 4.40 Å². The number of nitriles is 1. The number of nitrogens with zero attached hydrogens (tertiary/aromatic N) is 2. The summed E-state index contributed by atoms with van der Waals surface area (Å²) in [5.41, 5.74) is 7.18. The number of rotatable bonds is 3. The molecule has 0 amide bonds. The van der Waals surface area contributed by atoms with Gasteiger partial charge in [-0.25, -0.2) is 11.3 Å². The Morgan fingerprint density at radius 3 is 2.90 bits per heavy atom. The average molecular weight is 266 g/mol. The Labute approximate surface area is 116 Å². The number of hydrogen-bond acceptors (Lipinski definition) is 3. The second-order valence-corrected chi connectivity index (χ2v) is 4.76. The Bertz CT molecular complexity index is 825. The molecule has 0 saturated heterocycles. The van der Waals surface area contributed by atoms with Crippen LogP contribution in [-0.4, -0.2) is 4.98 Å². The van der Waals surface area contributed by atoms with Crippen molar-refractivity contribution in [1.29, 1.82) is 5.26 Å². The lowest BCUT2D eigenvalue weighted by Gasteiger charge is -2.05. The Morgan fingerprint density at radius 1 is 1.40 bits per heavy atom. The highest BCUT2D eigenvalue weighted by Crippen LogP contribution is 2.21. The second kappa shape index (κ2) is 4.83. The molecule has 5 nitrogen and oxygen atoms in total. The first-order chi connectivity index (χ1) is 9.80. The van der Waals surface area contributed by atoms with Crippen molar-refractivity contribution in [3.63, 3.8) is 0 Å². The third-order valence-corrected chi connectivity index (χ3v) is 3.51. The molecule has 0 fully saturated rings. The number of anilines is 1. The van der Waals surface area contributed by atoms with Gasteiger partial charge in [0.05, 0.1) is 0 Å². The zero-order valence-corrected chi connectivity index (χ0v) is 11.3. The molecule has 3 aromatic rings. The van der Waals surface area contributed by atoms with Crippen LogP contribution in [0.2, 0.25) is 0 Å². The van der Waals surface area contributed by atoms with E-state index in [1.165, 1.54) is 0 Å². The zero-order valence-electron chi connectivity index (χ0n) is 11.3. The van der Waals surface area contributed by atoms with Gasteiger partial charge in [-0.3, -0.25) is 4.98 Å². The Morgan fingerprint density at radius 2 is 2.20 bits per heavy atom. The lowest BCUT2D eigenvalue weighted by molar-refractivity contribution is -0.465. The maximum absolute atomic E-state index is 9.50. The summed E-state index contributed by atoms with van der Waals surface area (Å²) in [6, 6.07) is 12.2. The van der Waals surface area contributed by atoms with Gasteiger partial charge >= 0.3 is 0 Å². The van der Waals surface area contributed by atoms with E-state index in [2.05, 4.69) is 23.4 Å². The van der Waals surface area contributed by atoms with Crippen molar-refractivity contribution in [2.24, 2.45) is 5.84 Å². The topological polar surface area (TPSA) is 81.7 Å². The van der Waals surface area contributed by atoms with Gasteiger partial charge in [0.1, 0.15) is 22.7 Å². The van der Waals surface area contributed by atoms with Gasteiger partial charge in [0.25, 0.3) is 0 Å². The summed E-state index contributed by atoms with van der Waals surface area (Å²) in [5, 5.41) is 9.50. The van der Waals surface area contributed by atoms with E-state index in [-0.39, 0.29) is 0 Å². The largest absolute Gasteiger partial charge is 0.269 e. The van der Waals surface area contributed by atoms with Gasteiger partial charge < -0.3 is 0 Å². The van der Waals surface area contributed by atoms with Crippen LogP contribution in [0.4, 0.5) is 5.82 Å². The molecular formula is C15H16N5+. The van der Waals surface area contributed by atoms with Crippen LogP contribution in [0.1, 0.15) is 24.5 Å². The maximum atomic E-state index is 9.50. The number of fused-ring (bicyclic) bond motifs is 3. The fourth-order valence-electron chi connectivity index (χ4n) is 2.65. The van der Waals surface area contributed by atoms with Crippen LogP contribution in [0.3, 0.4) is 0 Å². The zero-order chi connectivity index (χ0) is 14.1. The molecule has 3 rings (SSSR count). The summed E-state index contributed by atoms with van der Waals surface area (Å²) in [6.45, 7) is 2.10. The number of aryl methyl sites for hydroxylation is 1. The molecule has 0 aliphatic carbocycles. The van der Waals surface area contributed by atoms with Gasteiger partial charge in [0, 0.05) is 6.07 Å². The van der Waals surface area contributed by atoms with Crippen LogP contribution in [0.5, 0.6) is 0 Å². The van der Waals surface area contributed by atoms with Gasteiger partial charge in [-0.1, -0.05) is 25.5 Å². The lowest BCUT2D eigenvalue weighted by Crippen LogP contribution is -2.30. The summed E-state index contributed by atoms with van der Waals surface area (Å²) in [5.74, 6) is 6.43. The van der Waals surface area contributed by atoms with Crippen LogP contribution >= 0.6 is 0 Å². The van der Waals surface area contributed by atoms with E-state index in [1.54, 1.807) is 0 Å².